The Labute approximate surface area is 180 Å². The fourth-order valence-electron chi connectivity index (χ4n) is 4.24. The van der Waals surface area contributed by atoms with E-state index in [0.717, 1.165) is 32.2 Å². The Morgan fingerprint density at radius 3 is 2.20 bits per heavy atom. The Hall–Kier alpha value is -2.84. The maximum absolute atomic E-state index is 5.77. The Morgan fingerprint density at radius 1 is 0.733 bits per heavy atom. The monoisotopic (exact) mass is 396 g/mol. The van der Waals surface area contributed by atoms with E-state index in [1.54, 1.807) is 0 Å². The summed E-state index contributed by atoms with van der Waals surface area (Å²) in [4.78, 5) is 3.72. The number of fused-ring (bicyclic) bond motifs is 1. The zero-order valence-electron chi connectivity index (χ0n) is 18.0. The molecule has 0 aliphatic carbocycles. The Bertz CT molecular complexity index is 1080. The van der Waals surface area contributed by atoms with Gasteiger partial charge >= 0.3 is 0 Å². The fourth-order valence-corrected chi connectivity index (χ4v) is 4.24. The molecule has 0 radical (unpaired) electrons. The number of nitrogens with one attached hydrogen (secondary N) is 1. The van der Waals surface area contributed by atoms with E-state index in [0.29, 0.717) is 0 Å². The molecule has 4 aromatic rings. The average Bonchev–Trinajstić information content (AvgIpc) is 3.16. The van der Waals surface area contributed by atoms with Crippen molar-refractivity contribution in [1.29, 1.82) is 0 Å². The van der Waals surface area contributed by atoms with Crippen molar-refractivity contribution in [2.75, 3.05) is 6.54 Å². The van der Waals surface area contributed by atoms with Gasteiger partial charge in [0.05, 0.1) is 0 Å². The van der Waals surface area contributed by atoms with Crippen LogP contribution >= 0.6 is 0 Å². The smallest absolute Gasteiger partial charge is 0.0497 e. The van der Waals surface area contributed by atoms with Crippen LogP contribution in [0.5, 0.6) is 0 Å². The molecule has 1 heterocycles. The summed E-state index contributed by atoms with van der Waals surface area (Å²) in [5, 5.41) is 1.38. The van der Waals surface area contributed by atoms with Gasteiger partial charge in [-0.2, -0.15) is 0 Å². The number of aromatic nitrogens is 1. The molecular formula is C28H32N2. The van der Waals surface area contributed by atoms with Gasteiger partial charge in [-0.15, -0.1) is 0 Å². The summed E-state index contributed by atoms with van der Waals surface area (Å²) < 4.78 is 0. The molecule has 30 heavy (non-hydrogen) atoms. The average molecular weight is 397 g/mol. The summed E-state index contributed by atoms with van der Waals surface area (Å²) >= 11 is 0. The second-order valence-corrected chi connectivity index (χ2v) is 8.15. The van der Waals surface area contributed by atoms with Gasteiger partial charge in [-0.05, 0) is 78.6 Å². The van der Waals surface area contributed by atoms with Gasteiger partial charge in [-0.25, -0.2) is 0 Å². The van der Waals surface area contributed by atoms with Crippen LogP contribution in [0.3, 0.4) is 0 Å². The Balaban J connectivity index is 1.72. The van der Waals surface area contributed by atoms with E-state index >= 15 is 0 Å². The van der Waals surface area contributed by atoms with Crippen LogP contribution in [0, 0.1) is 0 Å². The molecule has 0 amide bonds. The molecule has 0 saturated heterocycles. The highest BCUT2D eigenvalue weighted by Gasteiger charge is 2.14. The summed E-state index contributed by atoms with van der Waals surface area (Å²) in [5.41, 5.74) is 14.9. The molecule has 0 fully saturated rings. The minimum absolute atomic E-state index is 0.755. The normalized spacial score (nSPS) is 11.3. The topological polar surface area (TPSA) is 41.8 Å². The molecule has 154 valence electrons. The predicted molar refractivity (Wildman–Crippen MR) is 130 cm³/mol. The molecule has 4 rings (SSSR count). The van der Waals surface area contributed by atoms with E-state index in [9.17, 15) is 0 Å². The van der Waals surface area contributed by atoms with Crippen molar-refractivity contribution >= 4 is 10.9 Å². The number of rotatable bonds is 9. The summed E-state index contributed by atoms with van der Waals surface area (Å²) in [7, 11) is 0. The van der Waals surface area contributed by atoms with Crippen LogP contribution in [-0.2, 0) is 12.8 Å². The summed E-state index contributed by atoms with van der Waals surface area (Å²) in [6.07, 6.45) is 6.87. The van der Waals surface area contributed by atoms with Crippen LogP contribution < -0.4 is 5.73 Å². The maximum atomic E-state index is 5.77. The van der Waals surface area contributed by atoms with Crippen LogP contribution in [0.25, 0.3) is 33.3 Å². The van der Waals surface area contributed by atoms with Crippen molar-refractivity contribution in [3.63, 3.8) is 0 Å². The molecule has 0 aliphatic rings. The minimum Gasteiger partial charge on any atom is -0.354 e. The molecular weight excluding hydrogens is 364 g/mol. The molecule has 0 unspecified atom stereocenters. The number of H-pyrrole nitrogens is 1. The lowest BCUT2D eigenvalue weighted by Gasteiger charge is -2.08. The summed E-state index contributed by atoms with van der Waals surface area (Å²) in [6.45, 7) is 3.01. The number of aromatic amines is 1. The SMILES string of the molecule is CCCCc1ccc2[nH]c(-c3ccc(-c4ccccc4)cc3)c(CCCCN)c2c1. The lowest BCUT2D eigenvalue weighted by atomic mass is 9.97. The third-order valence-electron chi connectivity index (χ3n) is 5.95. The van der Waals surface area contributed by atoms with Crippen LogP contribution in [0.2, 0.25) is 0 Å². The van der Waals surface area contributed by atoms with Gasteiger partial charge in [0.1, 0.15) is 0 Å². The number of benzene rings is 3. The minimum atomic E-state index is 0.755. The first-order valence-electron chi connectivity index (χ1n) is 11.3. The van der Waals surface area contributed by atoms with Gasteiger partial charge in [0.15, 0.2) is 0 Å². The summed E-state index contributed by atoms with van der Waals surface area (Å²) in [5.74, 6) is 0. The third-order valence-corrected chi connectivity index (χ3v) is 5.95. The highest BCUT2D eigenvalue weighted by Crippen LogP contribution is 2.33. The zero-order valence-corrected chi connectivity index (χ0v) is 18.0. The zero-order chi connectivity index (χ0) is 20.8. The Morgan fingerprint density at radius 2 is 1.47 bits per heavy atom. The molecule has 3 N–H and O–H groups in total. The first kappa shape index (κ1) is 20.4. The van der Waals surface area contributed by atoms with E-state index in [2.05, 4.69) is 84.7 Å². The first-order chi connectivity index (χ1) is 14.8. The second-order valence-electron chi connectivity index (χ2n) is 8.15. The van der Waals surface area contributed by atoms with Crippen molar-refractivity contribution in [2.45, 2.75) is 45.4 Å². The van der Waals surface area contributed by atoms with Crippen molar-refractivity contribution in [1.82, 2.24) is 4.98 Å². The van der Waals surface area contributed by atoms with E-state index < -0.39 is 0 Å². The van der Waals surface area contributed by atoms with Crippen LogP contribution in [0.4, 0.5) is 0 Å². The highest BCUT2D eigenvalue weighted by atomic mass is 14.7. The largest absolute Gasteiger partial charge is 0.354 e. The second kappa shape index (κ2) is 9.77. The van der Waals surface area contributed by atoms with Crippen LogP contribution in [0.15, 0.2) is 72.8 Å². The molecule has 2 heteroatoms. The van der Waals surface area contributed by atoms with Crippen LogP contribution in [0.1, 0.15) is 43.7 Å². The highest BCUT2D eigenvalue weighted by molar-refractivity contribution is 5.91. The maximum Gasteiger partial charge on any atom is 0.0497 e. The lowest BCUT2D eigenvalue weighted by Crippen LogP contribution is -1.99. The van der Waals surface area contributed by atoms with Crippen molar-refractivity contribution in [3.8, 4) is 22.4 Å². The lowest BCUT2D eigenvalue weighted by molar-refractivity contribution is 0.748. The van der Waals surface area contributed by atoms with Gasteiger partial charge in [0.2, 0.25) is 0 Å². The standard InChI is InChI=1S/C28H32N2/c1-2-3-9-21-13-18-27-26(20-21)25(12-7-8-19-29)28(30-27)24-16-14-23(15-17-24)22-10-5-4-6-11-22/h4-6,10-11,13-18,20,30H,2-3,7-9,12,19,29H2,1H3. The van der Waals surface area contributed by atoms with Gasteiger partial charge in [-0.1, -0.05) is 74.0 Å². The number of hydrogen-bond donors (Lipinski definition) is 2. The molecule has 0 bridgehead atoms. The van der Waals surface area contributed by atoms with Crippen molar-refractivity contribution < 1.29 is 0 Å². The first-order valence-corrected chi connectivity index (χ1v) is 11.3. The summed E-state index contributed by atoms with van der Waals surface area (Å²) in [6, 6.07) is 26.5. The van der Waals surface area contributed by atoms with Gasteiger partial charge in [0, 0.05) is 16.6 Å². The molecule has 3 aromatic carbocycles. The van der Waals surface area contributed by atoms with E-state index in [4.69, 9.17) is 5.73 Å². The van der Waals surface area contributed by atoms with Gasteiger partial charge in [0.25, 0.3) is 0 Å². The van der Waals surface area contributed by atoms with Crippen LogP contribution in [-0.4, -0.2) is 11.5 Å². The number of nitrogens with two attached hydrogens (primary N) is 1. The van der Waals surface area contributed by atoms with E-state index in [-0.39, 0.29) is 0 Å². The quantitative estimate of drug-likeness (QED) is 0.290. The van der Waals surface area contributed by atoms with Crippen molar-refractivity contribution in [2.24, 2.45) is 5.73 Å². The molecule has 2 nitrogen and oxygen atoms in total. The third kappa shape index (κ3) is 4.49. The molecule has 0 spiro atoms. The van der Waals surface area contributed by atoms with Gasteiger partial charge < -0.3 is 10.7 Å². The number of unbranched alkanes of at least 4 members (excludes halogenated alkanes) is 2. The number of hydrogen-bond acceptors (Lipinski definition) is 1. The molecule has 0 aliphatic heterocycles. The number of aryl methyl sites for hydroxylation is 2. The van der Waals surface area contributed by atoms with Gasteiger partial charge in [-0.3, -0.25) is 0 Å². The van der Waals surface area contributed by atoms with E-state index in [1.165, 1.54) is 57.3 Å². The predicted octanol–water partition coefficient (Wildman–Crippen LogP) is 7.13. The molecule has 1 aromatic heterocycles. The van der Waals surface area contributed by atoms with Crippen molar-refractivity contribution in [3.05, 3.63) is 83.9 Å². The Kier molecular flexibility index (Phi) is 6.66. The van der Waals surface area contributed by atoms with E-state index in [1.807, 2.05) is 0 Å². The molecule has 0 saturated carbocycles. The fraction of sp³-hybridized carbons (Fsp3) is 0.286. The molecule has 0 atom stereocenters.